The van der Waals surface area contributed by atoms with Crippen molar-refractivity contribution in [3.63, 3.8) is 0 Å². The molecule has 1 rings (SSSR count). The molecular weight excluding hydrogens is 188 g/mol. The van der Waals surface area contributed by atoms with Crippen molar-refractivity contribution in [1.82, 2.24) is 0 Å². The third-order valence-electron chi connectivity index (χ3n) is 1.46. The Hall–Kier alpha value is -2.10. The Kier molecular flexibility index (Phi) is 0.943. The quantitative estimate of drug-likeness (QED) is 0.565. The molecule has 1 aliphatic heterocycles. The van der Waals surface area contributed by atoms with E-state index in [1.54, 1.807) is 0 Å². The highest BCUT2D eigenvalue weighted by Gasteiger charge is 2.60. The Morgan fingerprint density at radius 1 is 1.29 bits per heavy atom. The summed E-state index contributed by atoms with van der Waals surface area (Å²) in [5, 5.41) is 13.9. The molecule has 14 heavy (non-hydrogen) atoms. The molecule has 72 valence electrons. The number of nitrogens with zero attached hydrogens (tertiary/aromatic N) is 2. The topological polar surface area (TPSA) is 97.1 Å². The molecule has 7 nitrogen and oxygen atoms in total. The zero-order valence-electron chi connectivity index (χ0n) is 12.6. The van der Waals surface area contributed by atoms with Gasteiger partial charge in [-0.25, -0.2) is 0 Å². The average molecular weight is 202 g/mol. The number of hydrogen-bond acceptors (Lipinski definition) is 5. The van der Waals surface area contributed by atoms with Crippen LogP contribution in [0.1, 0.15) is 21.9 Å². The van der Waals surface area contributed by atoms with Gasteiger partial charge in [0.15, 0.2) is 5.41 Å². The smallest absolute Gasteiger partial charge is 0.253 e. The van der Waals surface area contributed by atoms with Gasteiger partial charge in [-0.2, -0.15) is 0 Å². The highest BCUT2D eigenvalue weighted by molar-refractivity contribution is 5.60. The van der Waals surface area contributed by atoms with E-state index in [9.17, 15) is 9.81 Å². The van der Waals surface area contributed by atoms with Gasteiger partial charge in [0, 0.05) is 8.22 Å². The maximum absolute atomic E-state index is 11.4. The Morgan fingerprint density at radius 2 is 1.71 bits per heavy atom. The fraction of sp³-hybridized carbons (Fsp3) is 0.429. The van der Waals surface area contributed by atoms with Crippen LogP contribution in [0.5, 0.6) is 0 Å². The van der Waals surface area contributed by atoms with Gasteiger partial charge in [0.1, 0.15) is 4.94 Å². The molecular formula is C7H8N4O3+2. The van der Waals surface area contributed by atoms with Crippen LogP contribution in [0, 0.1) is 26.0 Å². The third kappa shape index (κ3) is 1.17. The fourth-order valence-electron chi connectivity index (χ4n) is 0.814. The third-order valence-corrected chi connectivity index (χ3v) is 1.46. The SMILES string of the molecule is [2H]C([2H])([2H])C1(C([2H])([2H])[2H])C(=C=N)[N+](=O)O[N+](=O)C1=C=N. The van der Waals surface area contributed by atoms with E-state index in [4.69, 9.17) is 19.0 Å². The predicted molar refractivity (Wildman–Crippen MR) is 44.6 cm³/mol. The number of nitrogens with one attached hydrogen (secondary N) is 2. The summed E-state index contributed by atoms with van der Waals surface area (Å²) in [7, 11) is 0. The Balaban J connectivity index is 4.00. The zero-order valence-corrected chi connectivity index (χ0v) is 6.62. The summed E-state index contributed by atoms with van der Waals surface area (Å²) in [6.45, 7) is -6.92. The van der Waals surface area contributed by atoms with Crippen LogP contribution in [0.2, 0.25) is 0 Å². The Labute approximate surface area is 87.2 Å². The van der Waals surface area contributed by atoms with Gasteiger partial charge in [0.2, 0.25) is 0 Å². The standard InChI is InChI=1S/C7H8N4O3/c1-7(2)5(3-8)10(12)14-11(13)6(7)4-9/h8-9H,1-2H3/q+2/i1D3,2D3. The van der Waals surface area contributed by atoms with Crippen LogP contribution in [0.4, 0.5) is 0 Å². The molecule has 1 saturated heterocycles. The lowest BCUT2D eigenvalue weighted by Crippen LogP contribution is -2.38. The van der Waals surface area contributed by atoms with Crippen molar-refractivity contribution >= 4 is 11.7 Å². The second-order valence-electron chi connectivity index (χ2n) is 2.29. The molecule has 1 fully saturated rings. The van der Waals surface area contributed by atoms with Crippen molar-refractivity contribution in [2.75, 3.05) is 0 Å². The minimum absolute atomic E-state index is 0.723. The fourth-order valence-corrected chi connectivity index (χ4v) is 0.814. The largest absolute Gasteiger partial charge is 0.378 e. The minimum Gasteiger partial charge on any atom is -0.253 e. The van der Waals surface area contributed by atoms with Crippen molar-refractivity contribution in [3.05, 3.63) is 21.2 Å². The van der Waals surface area contributed by atoms with Gasteiger partial charge < -0.3 is 0 Å². The first-order chi connectivity index (χ1) is 8.95. The maximum atomic E-state index is 11.4. The van der Waals surface area contributed by atoms with Gasteiger partial charge >= 0.3 is 21.2 Å². The summed E-state index contributed by atoms with van der Waals surface area (Å²) in [6.07, 6.45) is 0. The molecule has 0 amide bonds. The van der Waals surface area contributed by atoms with Gasteiger partial charge in [0.25, 0.3) is 0 Å². The Bertz CT molecular complexity index is 541. The maximum Gasteiger partial charge on any atom is 0.378 e. The second-order valence-corrected chi connectivity index (χ2v) is 2.29. The van der Waals surface area contributed by atoms with E-state index in [0.717, 1.165) is 0 Å². The van der Waals surface area contributed by atoms with Crippen LogP contribution < -0.4 is 0 Å². The monoisotopic (exact) mass is 202 g/mol. The molecule has 0 bridgehead atoms. The van der Waals surface area contributed by atoms with Crippen LogP contribution in [0.25, 0.3) is 0 Å². The summed E-state index contributed by atoms with van der Waals surface area (Å²) < 4.78 is 44.3. The molecule has 0 radical (unpaired) electrons. The summed E-state index contributed by atoms with van der Waals surface area (Å²) in [6, 6.07) is 0. The summed E-state index contributed by atoms with van der Waals surface area (Å²) in [5.41, 5.74) is -5.76. The summed E-state index contributed by atoms with van der Waals surface area (Å²) >= 11 is 0. The van der Waals surface area contributed by atoms with Crippen LogP contribution in [0.3, 0.4) is 0 Å². The summed E-state index contributed by atoms with van der Waals surface area (Å²) in [5.74, 6) is 2.74. The normalized spacial score (nSPS) is 28.0. The number of hydrogen-bond donors (Lipinski definition) is 2. The van der Waals surface area contributed by atoms with Crippen molar-refractivity contribution in [1.29, 1.82) is 10.8 Å². The average Bonchev–Trinajstić information content (AvgIpc) is 2.24. The van der Waals surface area contributed by atoms with Crippen LogP contribution in [-0.4, -0.2) is 21.6 Å². The first-order valence-electron chi connectivity index (χ1n) is 6.18. The molecule has 0 aliphatic carbocycles. The lowest BCUT2D eigenvalue weighted by molar-refractivity contribution is -1.05. The first kappa shape index (κ1) is 4.41. The van der Waals surface area contributed by atoms with Gasteiger partial charge in [-0.15, -0.1) is 0 Å². The first-order valence-corrected chi connectivity index (χ1v) is 3.18. The van der Waals surface area contributed by atoms with Gasteiger partial charge in [-0.1, -0.05) is 0 Å². The minimum atomic E-state index is -3.46. The number of rotatable bonds is 0. The van der Waals surface area contributed by atoms with Crippen molar-refractivity contribution in [3.8, 4) is 0 Å². The van der Waals surface area contributed by atoms with E-state index in [1.165, 1.54) is 11.7 Å². The Morgan fingerprint density at radius 3 is 2.00 bits per heavy atom. The van der Waals surface area contributed by atoms with Crippen LogP contribution >= 0.6 is 0 Å². The molecule has 0 unspecified atom stereocenters. The predicted octanol–water partition coefficient (Wildman–Crippen LogP) is 0.695. The molecule has 7 heteroatoms. The molecule has 1 heterocycles. The molecule has 0 aromatic carbocycles. The van der Waals surface area contributed by atoms with E-state index in [0.29, 0.717) is 0 Å². The highest BCUT2D eigenvalue weighted by Crippen LogP contribution is 2.36. The van der Waals surface area contributed by atoms with E-state index < -0.39 is 40.4 Å². The molecule has 0 saturated carbocycles. The van der Waals surface area contributed by atoms with Gasteiger partial charge in [-0.05, 0) is 13.7 Å². The van der Waals surface area contributed by atoms with Crippen molar-refractivity contribution in [2.45, 2.75) is 13.7 Å². The van der Waals surface area contributed by atoms with Crippen LogP contribution in [0.15, 0.2) is 11.4 Å². The molecule has 0 spiro atoms. The molecule has 0 aromatic heterocycles. The van der Waals surface area contributed by atoms with E-state index in [2.05, 4.69) is 4.94 Å². The van der Waals surface area contributed by atoms with E-state index in [-0.39, 0.29) is 0 Å². The lowest BCUT2D eigenvalue weighted by atomic mass is 9.86. The van der Waals surface area contributed by atoms with Gasteiger partial charge in [0.05, 0.1) is 21.6 Å². The van der Waals surface area contributed by atoms with E-state index in [1.807, 2.05) is 0 Å². The van der Waals surface area contributed by atoms with Crippen molar-refractivity contribution in [2.24, 2.45) is 5.41 Å². The molecule has 0 atom stereocenters. The van der Waals surface area contributed by atoms with Crippen molar-refractivity contribution < 1.29 is 23.0 Å². The highest BCUT2D eigenvalue weighted by atomic mass is 16.9. The zero-order chi connectivity index (χ0) is 15.9. The van der Waals surface area contributed by atoms with Gasteiger partial charge in [-0.3, -0.25) is 10.8 Å². The molecule has 0 aromatic rings. The van der Waals surface area contributed by atoms with E-state index >= 15 is 0 Å². The lowest BCUT2D eigenvalue weighted by Gasteiger charge is -2.12. The van der Waals surface area contributed by atoms with Crippen LogP contribution in [-0.2, 0) is 4.94 Å². The second kappa shape index (κ2) is 2.99. The summed E-state index contributed by atoms with van der Waals surface area (Å²) in [4.78, 5) is 25.4. The molecule has 2 N–H and O–H groups in total. The molecule has 1 aliphatic rings.